The van der Waals surface area contributed by atoms with E-state index in [1.54, 1.807) is 4.90 Å². The van der Waals surface area contributed by atoms with E-state index in [1.165, 1.54) is 27.8 Å². The second-order valence-electron chi connectivity index (χ2n) is 8.30. The minimum Gasteiger partial charge on any atom is -0.361 e. The molecule has 0 bridgehead atoms. The Bertz CT molecular complexity index is 1080. The summed E-state index contributed by atoms with van der Waals surface area (Å²) in [5.41, 5.74) is 3.52. The summed E-state index contributed by atoms with van der Waals surface area (Å²) in [7, 11) is 0. The zero-order valence-electron chi connectivity index (χ0n) is 18.3. The summed E-state index contributed by atoms with van der Waals surface area (Å²) in [6.45, 7) is 7.40. The molecule has 1 aromatic carbocycles. The molecule has 0 spiro atoms. The van der Waals surface area contributed by atoms with Crippen molar-refractivity contribution in [1.29, 1.82) is 0 Å². The number of nitrogens with zero attached hydrogens (tertiary/aromatic N) is 3. The number of likely N-dealkylation sites (tertiary alicyclic amines) is 1. The average Bonchev–Trinajstić information content (AvgIpc) is 3.46. The number of nitrogens with one attached hydrogen (secondary N) is 2. The van der Waals surface area contributed by atoms with Crippen LogP contribution in [0.25, 0.3) is 10.9 Å². The molecule has 3 heterocycles. The van der Waals surface area contributed by atoms with Gasteiger partial charge in [-0.3, -0.25) is 9.59 Å². The number of anilines is 1. The maximum absolute atomic E-state index is 12.7. The largest absolute Gasteiger partial charge is 0.361 e. The predicted octanol–water partition coefficient (Wildman–Crippen LogP) is 4.26. The van der Waals surface area contributed by atoms with Gasteiger partial charge in [-0.1, -0.05) is 36.8 Å². The molecule has 0 radical (unpaired) electrons. The van der Waals surface area contributed by atoms with Crippen molar-refractivity contribution in [1.82, 2.24) is 20.1 Å². The Morgan fingerprint density at radius 3 is 2.90 bits per heavy atom. The molecule has 164 valence electrons. The Kier molecular flexibility index (Phi) is 6.36. The molecule has 2 aromatic heterocycles. The zero-order valence-corrected chi connectivity index (χ0v) is 19.1. The molecule has 31 heavy (non-hydrogen) atoms. The summed E-state index contributed by atoms with van der Waals surface area (Å²) in [5, 5.41) is 13.9. The van der Waals surface area contributed by atoms with E-state index in [4.69, 9.17) is 0 Å². The van der Waals surface area contributed by atoms with Crippen molar-refractivity contribution in [2.75, 3.05) is 18.4 Å². The Labute approximate surface area is 186 Å². The highest BCUT2D eigenvalue weighted by Gasteiger charge is 2.34. The zero-order chi connectivity index (χ0) is 22.0. The number of amides is 2. The maximum Gasteiger partial charge on any atom is 0.231 e. The second kappa shape index (κ2) is 9.18. The minimum atomic E-state index is -0.349. The van der Waals surface area contributed by atoms with Crippen molar-refractivity contribution in [3.05, 3.63) is 40.5 Å². The minimum absolute atomic E-state index is 0.0335. The summed E-state index contributed by atoms with van der Waals surface area (Å²) in [6.07, 6.45) is 5.03. The van der Waals surface area contributed by atoms with Gasteiger partial charge >= 0.3 is 0 Å². The number of hydrogen-bond donors (Lipinski definition) is 2. The van der Waals surface area contributed by atoms with Crippen LogP contribution in [-0.4, -0.2) is 45.0 Å². The average molecular weight is 440 g/mol. The lowest BCUT2D eigenvalue weighted by Crippen LogP contribution is -2.30. The fourth-order valence-electron chi connectivity index (χ4n) is 4.21. The number of rotatable bonds is 8. The molecule has 1 unspecified atom stereocenters. The van der Waals surface area contributed by atoms with Gasteiger partial charge in [-0.15, -0.1) is 10.2 Å². The first-order chi connectivity index (χ1) is 15.0. The van der Waals surface area contributed by atoms with Gasteiger partial charge in [-0.05, 0) is 43.9 Å². The van der Waals surface area contributed by atoms with Gasteiger partial charge in [0.1, 0.15) is 5.01 Å². The van der Waals surface area contributed by atoms with Crippen LogP contribution in [0.1, 0.15) is 55.2 Å². The van der Waals surface area contributed by atoms with Gasteiger partial charge in [0.05, 0.1) is 5.92 Å². The lowest BCUT2D eigenvalue weighted by molar-refractivity contribution is -0.128. The van der Waals surface area contributed by atoms with Crippen LogP contribution in [0.2, 0.25) is 0 Å². The number of carbonyl (C=O) groups excluding carboxylic acids is 2. The first-order valence-electron chi connectivity index (χ1n) is 11.0. The maximum atomic E-state index is 12.7. The molecule has 1 aliphatic rings. The predicted molar refractivity (Wildman–Crippen MR) is 123 cm³/mol. The van der Waals surface area contributed by atoms with E-state index in [0.717, 1.165) is 29.8 Å². The van der Waals surface area contributed by atoms with Crippen LogP contribution in [0.15, 0.2) is 24.4 Å². The fraction of sp³-hybridized carbons (Fsp3) is 0.478. The van der Waals surface area contributed by atoms with Gasteiger partial charge in [-0.25, -0.2) is 0 Å². The van der Waals surface area contributed by atoms with Crippen molar-refractivity contribution in [3.8, 4) is 0 Å². The van der Waals surface area contributed by atoms with E-state index in [-0.39, 0.29) is 24.2 Å². The SMILES string of the molecule is CCC(CC)c1nnc(NC(=O)C2CC(=O)N(CCc3c[nH]c4ccc(C)cc34)C2)s1. The molecule has 0 aliphatic carbocycles. The number of fused-ring (bicyclic) bond motifs is 1. The van der Waals surface area contributed by atoms with Crippen LogP contribution in [0.3, 0.4) is 0 Å². The molecule has 2 N–H and O–H groups in total. The highest BCUT2D eigenvalue weighted by molar-refractivity contribution is 7.15. The normalized spacial score (nSPS) is 16.6. The molecule has 8 heteroatoms. The third-order valence-corrected chi connectivity index (χ3v) is 7.17. The Balaban J connectivity index is 1.34. The number of benzene rings is 1. The van der Waals surface area contributed by atoms with Crippen LogP contribution < -0.4 is 5.32 Å². The molecule has 1 fully saturated rings. The van der Waals surface area contributed by atoms with Crippen molar-refractivity contribution in [2.45, 2.75) is 52.4 Å². The Hall–Kier alpha value is -2.74. The molecule has 0 saturated carbocycles. The lowest BCUT2D eigenvalue weighted by Gasteiger charge is -2.16. The standard InChI is InChI=1S/C23H29N5O2S/c1-4-15(5-2)22-26-27-23(31-22)25-21(30)17-11-20(29)28(13-17)9-8-16-12-24-19-7-6-14(3)10-18(16)19/h6-7,10,12,15,17,24H,4-5,8-9,11,13H2,1-3H3,(H,25,27,30). The number of hydrogen-bond acceptors (Lipinski definition) is 5. The summed E-state index contributed by atoms with van der Waals surface area (Å²) in [4.78, 5) is 30.3. The number of aryl methyl sites for hydroxylation is 1. The number of carbonyl (C=O) groups is 2. The summed E-state index contributed by atoms with van der Waals surface area (Å²) < 4.78 is 0. The topological polar surface area (TPSA) is 91.0 Å². The second-order valence-corrected chi connectivity index (χ2v) is 9.31. The van der Waals surface area contributed by atoms with E-state index in [2.05, 4.69) is 59.5 Å². The molecule has 1 aliphatic heterocycles. The van der Waals surface area contributed by atoms with E-state index < -0.39 is 0 Å². The van der Waals surface area contributed by atoms with Crippen LogP contribution in [0.5, 0.6) is 0 Å². The van der Waals surface area contributed by atoms with Crippen LogP contribution in [-0.2, 0) is 16.0 Å². The Morgan fingerprint density at radius 1 is 1.32 bits per heavy atom. The van der Waals surface area contributed by atoms with Crippen molar-refractivity contribution >= 4 is 39.2 Å². The molecule has 1 atom stereocenters. The first-order valence-corrected chi connectivity index (χ1v) is 11.8. The molecular weight excluding hydrogens is 410 g/mol. The monoisotopic (exact) mass is 439 g/mol. The molecule has 3 aromatic rings. The quantitative estimate of drug-likeness (QED) is 0.549. The summed E-state index contributed by atoms with van der Waals surface area (Å²) >= 11 is 1.43. The highest BCUT2D eigenvalue weighted by atomic mass is 32.1. The van der Waals surface area contributed by atoms with Gasteiger partial charge < -0.3 is 15.2 Å². The number of aromatic amines is 1. The van der Waals surface area contributed by atoms with E-state index >= 15 is 0 Å². The third-order valence-electron chi connectivity index (χ3n) is 6.16. The van der Waals surface area contributed by atoms with Gasteiger partial charge in [0.2, 0.25) is 16.9 Å². The van der Waals surface area contributed by atoms with Crippen molar-refractivity contribution < 1.29 is 9.59 Å². The molecule has 4 rings (SSSR count). The number of aromatic nitrogens is 3. The smallest absolute Gasteiger partial charge is 0.231 e. The van der Waals surface area contributed by atoms with Crippen molar-refractivity contribution in [3.63, 3.8) is 0 Å². The first kappa shape index (κ1) is 21.5. The van der Waals surface area contributed by atoms with Gasteiger partial charge in [0.15, 0.2) is 0 Å². The van der Waals surface area contributed by atoms with Crippen LogP contribution in [0.4, 0.5) is 5.13 Å². The fourth-order valence-corrected chi connectivity index (χ4v) is 5.23. The Morgan fingerprint density at radius 2 is 2.13 bits per heavy atom. The van der Waals surface area contributed by atoms with E-state index in [1.807, 2.05) is 6.20 Å². The molecule has 2 amide bonds. The third kappa shape index (κ3) is 4.63. The molecular formula is C23H29N5O2S. The van der Waals surface area contributed by atoms with E-state index in [9.17, 15) is 9.59 Å². The van der Waals surface area contributed by atoms with Gasteiger partial charge in [-0.2, -0.15) is 0 Å². The summed E-state index contributed by atoms with van der Waals surface area (Å²) in [5.74, 6) is -0.0878. The summed E-state index contributed by atoms with van der Waals surface area (Å²) in [6, 6.07) is 6.33. The van der Waals surface area contributed by atoms with Gasteiger partial charge in [0.25, 0.3) is 0 Å². The molecule has 7 nitrogen and oxygen atoms in total. The number of H-pyrrole nitrogens is 1. The lowest BCUT2D eigenvalue weighted by atomic mass is 10.1. The highest BCUT2D eigenvalue weighted by Crippen LogP contribution is 2.29. The molecule has 1 saturated heterocycles. The van der Waals surface area contributed by atoms with Crippen LogP contribution in [0, 0.1) is 12.8 Å². The van der Waals surface area contributed by atoms with Gasteiger partial charge in [0, 0.05) is 42.5 Å². The van der Waals surface area contributed by atoms with Crippen LogP contribution >= 0.6 is 11.3 Å². The van der Waals surface area contributed by atoms with Crippen molar-refractivity contribution in [2.24, 2.45) is 5.92 Å². The van der Waals surface area contributed by atoms with E-state index in [0.29, 0.717) is 24.1 Å².